The fourth-order valence-electron chi connectivity index (χ4n) is 1.50. The first-order valence-electron chi connectivity index (χ1n) is 4.73. The number of carboxylic acid groups (broad SMARTS) is 1. The lowest BCUT2D eigenvalue weighted by atomic mass is 10.2. The second-order valence-corrected chi connectivity index (χ2v) is 4.32. The van der Waals surface area contributed by atoms with Gasteiger partial charge in [0.2, 0.25) is 0 Å². The molecule has 0 aliphatic rings. The van der Waals surface area contributed by atoms with Crippen molar-refractivity contribution in [2.45, 2.75) is 0 Å². The third-order valence-corrected chi connectivity index (χ3v) is 3.14. The molecule has 18 heavy (non-hydrogen) atoms. The summed E-state index contributed by atoms with van der Waals surface area (Å²) in [5, 5.41) is 16.5. The van der Waals surface area contributed by atoms with E-state index in [9.17, 15) is 4.79 Å². The van der Waals surface area contributed by atoms with Gasteiger partial charge in [-0.2, -0.15) is 8.75 Å². The average Bonchev–Trinajstić information content (AvgIpc) is 2.95. The van der Waals surface area contributed by atoms with E-state index in [0.717, 1.165) is 11.7 Å². The minimum Gasteiger partial charge on any atom is -0.476 e. The standard InChI is InChI=1S/C9H4ClN5O2S/c10-4-1-2-5-7(13-18-12-5)8(4)15-3-6(9(16)17)11-14-15/h1-3H,(H,16,17). The van der Waals surface area contributed by atoms with Gasteiger partial charge in [-0.3, -0.25) is 0 Å². The molecule has 0 spiro atoms. The molecule has 0 aliphatic heterocycles. The van der Waals surface area contributed by atoms with Gasteiger partial charge in [-0.05, 0) is 12.1 Å². The summed E-state index contributed by atoms with van der Waals surface area (Å²) < 4.78 is 9.49. The van der Waals surface area contributed by atoms with E-state index in [-0.39, 0.29) is 5.69 Å². The van der Waals surface area contributed by atoms with Crippen molar-refractivity contribution >= 4 is 40.3 Å². The topological polar surface area (TPSA) is 93.8 Å². The van der Waals surface area contributed by atoms with Crippen molar-refractivity contribution in [3.8, 4) is 5.69 Å². The van der Waals surface area contributed by atoms with Crippen LogP contribution in [0.1, 0.15) is 10.5 Å². The fourth-order valence-corrected chi connectivity index (χ4v) is 2.28. The number of nitrogens with zero attached hydrogens (tertiary/aromatic N) is 5. The molecule has 2 aromatic heterocycles. The van der Waals surface area contributed by atoms with E-state index in [1.807, 2.05) is 0 Å². The van der Waals surface area contributed by atoms with E-state index in [4.69, 9.17) is 16.7 Å². The van der Waals surface area contributed by atoms with Crippen LogP contribution in [0.5, 0.6) is 0 Å². The molecule has 0 saturated heterocycles. The second kappa shape index (κ2) is 4.00. The summed E-state index contributed by atoms with van der Waals surface area (Å²) in [5.74, 6) is -1.15. The highest BCUT2D eigenvalue weighted by Crippen LogP contribution is 2.27. The van der Waals surface area contributed by atoms with Crippen LogP contribution in [0.3, 0.4) is 0 Å². The maximum Gasteiger partial charge on any atom is 0.358 e. The Morgan fingerprint density at radius 1 is 1.39 bits per heavy atom. The molecule has 0 radical (unpaired) electrons. The number of halogens is 1. The van der Waals surface area contributed by atoms with Crippen molar-refractivity contribution in [1.82, 2.24) is 23.7 Å². The summed E-state index contributed by atoms with van der Waals surface area (Å²) in [7, 11) is 0. The number of aromatic carboxylic acids is 1. The van der Waals surface area contributed by atoms with Crippen molar-refractivity contribution < 1.29 is 9.90 Å². The number of hydrogen-bond donors (Lipinski definition) is 1. The Labute approximate surface area is 109 Å². The molecule has 0 bridgehead atoms. The molecule has 2 heterocycles. The summed E-state index contributed by atoms with van der Waals surface area (Å²) >= 11 is 7.13. The molecule has 90 valence electrons. The van der Waals surface area contributed by atoms with Crippen LogP contribution in [0.2, 0.25) is 5.02 Å². The molecule has 9 heteroatoms. The predicted octanol–water partition coefficient (Wildman–Crippen LogP) is 1.62. The first kappa shape index (κ1) is 11.1. The van der Waals surface area contributed by atoms with Crippen molar-refractivity contribution in [2.24, 2.45) is 0 Å². The Bertz CT molecular complexity index is 752. The monoisotopic (exact) mass is 281 g/mol. The van der Waals surface area contributed by atoms with E-state index in [1.165, 1.54) is 10.9 Å². The Morgan fingerprint density at radius 3 is 2.94 bits per heavy atom. The first-order chi connectivity index (χ1) is 8.66. The lowest BCUT2D eigenvalue weighted by Gasteiger charge is -2.02. The minimum absolute atomic E-state index is 0.161. The predicted molar refractivity (Wildman–Crippen MR) is 64.3 cm³/mol. The van der Waals surface area contributed by atoms with Gasteiger partial charge in [0.25, 0.3) is 0 Å². The van der Waals surface area contributed by atoms with Crippen LogP contribution in [0.4, 0.5) is 0 Å². The van der Waals surface area contributed by atoms with Crippen molar-refractivity contribution in [2.75, 3.05) is 0 Å². The van der Waals surface area contributed by atoms with Crippen LogP contribution in [-0.4, -0.2) is 34.8 Å². The van der Waals surface area contributed by atoms with Gasteiger partial charge < -0.3 is 5.11 Å². The summed E-state index contributed by atoms with van der Waals surface area (Å²) in [5.41, 5.74) is 1.55. The van der Waals surface area contributed by atoms with Crippen LogP contribution < -0.4 is 0 Å². The van der Waals surface area contributed by atoms with E-state index in [0.29, 0.717) is 21.7 Å². The molecule has 1 aromatic carbocycles. The highest BCUT2D eigenvalue weighted by Gasteiger charge is 2.15. The van der Waals surface area contributed by atoms with Gasteiger partial charge in [0.15, 0.2) is 5.69 Å². The molecule has 0 saturated carbocycles. The Hall–Kier alpha value is -2.06. The molecule has 0 atom stereocenters. The van der Waals surface area contributed by atoms with Gasteiger partial charge in [-0.1, -0.05) is 16.8 Å². The van der Waals surface area contributed by atoms with E-state index < -0.39 is 5.97 Å². The molecular weight excluding hydrogens is 278 g/mol. The van der Waals surface area contributed by atoms with Gasteiger partial charge in [-0.25, -0.2) is 9.48 Å². The minimum atomic E-state index is -1.15. The number of fused-ring (bicyclic) bond motifs is 1. The molecule has 0 fully saturated rings. The molecule has 0 unspecified atom stereocenters. The van der Waals surface area contributed by atoms with Gasteiger partial charge in [0.05, 0.1) is 22.9 Å². The molecule has 0 amide bonds. The zero-order valence-electron chi connectivity index (χ0n) is 8.61. The smallest absolute Gasteiger partial charge is 0.358 e. The van der Waals surface area contributed by atoms with Crippen LogP contribution in [0, 0.1) is 0 Å². The first-order valence-corrected chi connectivity index (χ1v) is 5.84. The van der Waals surface area contributed by atoms with Gasteiger partial charge in [0, 0.05) is 0 Å². The summed E-state index contributed by atoms with van der Waals surface area (Å²) in [6, 6.07) is 3.39. The number of benzene rings is 1. The zero-order valence-corrected chi connectivity index (χ0v) is 10.2. The van der Waals surface area contributed by atoms with Gasteiger partial charge >= 0.3 is 5.97 Å². The quantitative estimate of drug-likeness (QED) is 0.767. The van der Waals surface area contributed by atoms with E-state index in [1.54, 1.807) is 12.1 Å². The van der Waals surface area contributed by atoms with Crippen molar-refractivity contribution in [3.05, 3.63) is 29.0 Å². The highest BCUT2D eigenvalue weighted by atomic mass is 35.5. The van der Waals surface area contributed by atoms with Gasteiger partial charge in [0.1, 0.15) is 16.7 Å². The van der Waals surface area contributed by atoms with Gasteiger partial charge in [-0.15, -0.1) is 5.10 Å². The summed E-state index contributed by atoms with van der Waals surface area (Å²) in [6.07, 6.45) is 1.28. The molecule has 1 N–H and O–H groups in total. The molecule has 3 aromatic rings. The highest BCUT2D eigenvalue weighted by molar-refractivity contribution is 7.00. The maximum atomic E-state index is 10.8. The summed E-state index contributed by atoms with van der Waals surface area (Å²) in [6.45, 7) is 0. The lowest BCUT2D eigenvalue weighted by Crippen LogP contribution is -1.98. The van der Waals surface area contributed by atoms with E-state index >= 15 is 0 Å². The second-order valence-electron chi connectivity index (χ2n) is 3.38. The van der Waals surface area contributed by atoms with Crippen LogP contribution in [-0.2, 0) is 0 Å². The molecular formula is C9H4ClN5O2S. The van der Waals surface area contributed by atoms with E-state index in [2.05, 4.69) is 19.1 Å². The number of carboxylic acids is 1. The molecule has 7 nitrogen and oxygen atoms in total. The summed E-state index contributed by atoms with van der Waals surface area (Å²) in [4.78, 5) is 10.8. The Kier molecular flexibility index (Phi) is 2.46. The number of hydrogen-bond acceptors (Lipinski definition) is 6. The van der Waals surface area contributed by atoms with Crippen molar-refractivity contribution in [3.63, 3.8) is 0 Å². The SMILES string of the molecule is O=C(O)c1cn(-c2c(Cl)ccc3nsnc23)nn1. The fraction of sp³-hybridized carbons (Fsp3) is 0. The third-order valence-electron chi connectivity index (χ3n) is 2.29. The Balaban J connectivity index is 2.26. The molecule has 3 rings (SSSR count). The third kappa shape index (κ3) is 1.62. The van der Waals surface area contributed by atoms with Crippen molar-refractivity contribution in [1.29, 1.82) is 0 Å². The average molecular weight is 282 g/mol. The molecule has 0 aliphatic carbocycles. The largest absolute Gasteiger partial charge is 0.476 e. The number of aromatic nitrogens is 5. The van der Waals surface area contributed by atoms with Crippen LogP contribution >= 0.6 is 23.3 Å². The lowest BCUT2D eigenvalue weighted by molar-refractivity contribution is 0.0690. The van der Waals surface area contributed by atoms with Crippen LogP contribution in [0.15, 0.2) is 18.3 Å². The number of rotatable bonds is 2. The Morgan fingerprint density at radius 2 is 2.22 bits per heavy atom. The zero-order chi connectivity index (χ0) is 12.7. The number of carbonyl (C=O) groups is 1. The van der Waals surface area contributed by atoms with Crippen LogP contribution in [0.25, 0.3) is 16.7 Å². The normalized spacial score (nSPS) is 10.9. The maximum absolute atomic E-state index is 10.8.